The van der Waals surface area contributed by atoms with E-state index in [-0.39, 0.29) is 37.2 Å². The summed E-state index contributed by atoms with van der Waals surface area (Å²) in [5, 5.41) is 9.98. The maximum atomic E-state index is 12.4. The van der Waals surface area contributed by atoms with E-state index in [0.29, 0.717) is 21.9 Å². The van der Waals surface area contributed by atoms with Crippen molar-refractivity contribution in [2.75, 3.05) is 11.9 Å². The van der Waals surface area contributed by atoms with Crippen molar-refractivity contribution in [1.82, 2.24) is 10.6 Å². The highest BCUT2D eigenvalue weighted by molar-refractivity contribution is 7.12. The number of hydrogen-bond donors (Lipinski definition) is 3. The molecule has 0 unspecified atom stereocenters. The van der Waals surface area contributed by atoms with Gasteiger partial charge in [-0.25, -0.2) is 0 Å². The second kappa shape index (κ2) is 9.52. The molecule has 0 aliphatic rings. The number of hydrogen-bond acceptors (Lipinski definition) is 5. The Morgan fingerprint density at radius 2 is 1.79 bits per heavy atom. The molecule has 8 heteroatoms. The third-order valence-electron chi connectivity index (χ3n) is 3.83. The van der Waals surface area contributed by atoms with Crippen LogP contribution >= 0.6 is 11.3 Å². The molecule has 0 radical (unpaired) electrons. The number of rotatable bonds is 8. The number of furan rings is 1. The van der Waals surface area contributed by atoms with E-state index in [2.05, 4.69) is 16.0 Å². The van der Waals surface area contributed by atoms with Crippen molar-refractivity contribution in [3.8, 4) is 0 Å². The number of benzene rings is 1. The predicted molar refractivity (Wildman–Crippen MR) is 106 cm³/mol. The Kier molecular flexibility index (Phi) is 6.59. The lowest BCUT2D eigenvalue weighted by Crippen LogP contribution is -2.28. The van der Waals surface area contributed by atoms with Gasteiger partial charge in [0.15, 0.2) is 0 Å². The van der Waals surface area contributed by atoms with Gasteiger partial charge in [0.05, 0.1) is 28.9 Å². The number of carbonyl (C=O) groups excluding carboxylic acids is 3. The molecule has 1 aromatic carbocycles. The minimum absolute atomic E-state index is 0.0967. The summed E-state index contributed by atoms with van der Waals surface area (Å²) in [6.45, 7) is 0.457. The van der Waals surface area contributed by atoms with Crippen molar-refractivity contribution in [2.45, 2.75) is 13.0 Å². The molecule has 0 spiro atoms. The summed E-state index contributed by atoms with van der Waals surface area (Å²) in [7, 11) is 0. The van der Waals surface area contributed by atoms with Gasteiger partial charge in [0, 0.05) is 13.0 Å². The van der Waals surface area contributed by atoms with Gasteiger partial charge in [0.1, 0.15) is 5.76 Å². The molecule has 3 N–H and O–H groups in total. The Labute approximate surface area is 165 Å². The second-order valence-electron chi connectivity index (χ2n) is 5.84. The SMILES string of the molecule is O=C(CCNC(=O)c1cccs1)Nc1ccccc1C(=O)NCc1ccco1. The monoisotopic (exact) mass is 397 g/mol. The van der Waals surface area contributed by atoms with Crippen LogP contribution in [0.3, 0.4) is 0 Å². The van der Waals surface area contributed by atoms with Crippen molar-refractivity contribution in [1.29, 1.82) is 0 Å². The number of amides is 3. The molecule has 2 aromatic heterocycles. The first-order valence-corrected chi connectivity index (χ1v) is 9.52. The minimum Gasteiger partial charge on any atom is -0.467 e. The van der Waals surface area contributed by atoms with E-state index in [1.165, 1.54) is 17.6 Å². The summed E-state index contributed by atoms with van der Waals surface area (Å²) in [5.74, 6) is -0.187. The van der Waals surface area contributed by atoms with Crippen molar-refractivity contribution >= 4 is 34.7 Å². The highest BCUT2D eigenvalue weighted by atomic mass is 32.1. The lowest BCUT2D eigenvalue weighted by Gasteiger charge is -2.11. The van der Waals surface area contributed by atoms with Gasteiger partial charge < -0.3 is 20.4 Å². The Hall–Kier alpha value is -3.39. The number of carbonyl (C=O) groups is 3. The van der Waals surface area contributed by atoms with Gasteiger partial charge in [-0.2, -0.15) is 0 Å². The molecule has 3 aromatic rings. The van der Waals surface area contributed by atoms with Gasteiger partial charge >= 0.3 is 0 Å². The third-order valence-corrected chi connectivity index (χ3v) is 4.70. The zero-order valence-electron chi connectivity index (χ0n) is 14.9. The molecule has 28 heavy (non-hydrogen) atoms. The van der Waals surface area contributed by atoms with Crippen molar-refractivity contribution < 1.29 is 18.8 Å². The van der Waals surface area contributed by atoms with Crippen LogP contribution in [0.2, 0.25) is 0 Å². The molecule has 0 aliphatic heterocycles. The lowest BCUT2D eigenvalue weighted by atomic mass is 10.1. The fourth-order valence-electron chi connectivity index (χ4n) is 2.46. The van der Waals surface area contributed by atoms with Gasteiger partial charge in [-0.1, -0.05) is 18.2 Å². The summed E-state index contributed by atoms with van der Waals surface area (Å²) < 4.78 is 5.19. The quantitative estimate of drug-likeness (QED) is 0.544. The number of thiophene rings is 1. The summed E-state index contributed by atoms with van der Waals surface area (Å²) >= 11 is 1.34. The minimum atomic E-state index is -0.321. The zero-order chi connectivity index (χ0) is 19.8. The molecule has 0 bridgehead atoms. The first-order valence-electron chi connectivity index (χ1n) is 8.64. The molecule has 0 aliphatic carbocycles. The number of nitrogens with one attached hydrogen (secondary N) is 3. The predicted octanol–water partition coefficient (Wildman–Crippen LogP) is 3.03. The van der Waals surface area contributed by atoms with Gasteiger partial charge in [-0.05, 0) is 35.7 Å². The Bertz CT molecular complexity index is 936. The summed E-state index contributed by atoms with van der Waals surface area (Å²) in [6, 6.07) is 13.8. The third kappa shape index (κ3) is 5.31. The Balaban J connectivity index is 1.51. The van der Waals surface area contributed by atoms with Crippen LogP contribution in [0.1, 0.15) is 32.2 Å². The van der Waals surface area contributed by atoms with E-state index in [1.54, 1.807) is 48.5 Å². The molecular formula is C20H19N3O4S. The largest absolute Gasteiger partial charge is 0.467 e. The smallest absolute Gasteiger partial charge is 0.261 e. The van der Waals surface area contributed by atoms with Gasteiger partial charge in [-0.3, -0.25) is 14.4 Å². The molecule has 2 heterocycles. The number of anilines is 1. The highest BCUT2D eigenvalue weighted by Gasteiger charge is 2.14. The highest BCUT2D eigenvalue weighted by Crippen LogP contribution is 2.15. The van der Waals surface area contributed by atoms with E-state index >= 15 is 0 Å². The zero-order valence-corrected chi connectivity index (χ0v) is 15.8. The van der Waals surface area contributed by atoms with Gasteiger partial charge in [-0.15, -0.1) is 11.3 Å². The maximum absolute atomic E-state index is 12.4. The molecule has 0 saturated heterocycles. The van der Waals surface area contributed by atoms with E-state index in [0.717, 1.165) is 0 Å². The molecule has 0 fully saturated rings. The normalized spacial score (nSPS) is 10.3. The fourth-order valence-corrected chi connectivity index (χ4v) is 3.10. The Morgan fingerprint density at radius 3 is 2.54 bits per heavy atom. The molecule has 0 atom stereocenters. The van der Waals surface area contributed by atoms with Crippen LogP contribution in [0.15, 0.2) is 64.6 Å². The van der Waals surface area contributed by atoms with E-state index in [1.807, 2.05) is 5.38 Å². The summed E-state index contributed by atoms with van der Waals surface area (Å²) in [4.78, 5) is 37.1. The fraction of sp³-hybridized carbons (Fsp3) is 0.150. The van der Waals surface area contributed by atoms with Crippen molar-refractivity contribution in [3.05, 3.63) is 76.4 Å². The summed E-state index contributed by atoms with van der Waals surface area (Å²) in [5.41, 5.74) is 0.763. The van der Waals surface area contributed by atoms with Gasteiger partial charge in [0.25, 0.3) is 11.8 Å². The lowest BCUT2D eigenvalue weighted by molar-refractivity contribution is -0.116. The first-order chi connectivity index (χ1) is 13.6. The van der Waals surface area contributed by atoms with Crippen LogP contribution in [0, 0.1) is 0 Å². The molecular weight excluding hydrogens is 378 g/mol. The molecule has 3 rings (SSSR count). The van der Waals surface area contributed by atoms with Crippen molar-refractivity contribution in [2.24, 2.45) is 0 Å². The molecule has 3 amide bonds. The molecule has 0 saturated carbocycles. The van der Waals surface area contributed by atoms with Crippen LogP contribution in [0.4, 0.5) is 5.69 Å². The second-order valence-corrected chi connectivity index (χ2v) is 6.79. The average Bonchev–Trinajstić information content (AvgIpc) is 3.40. The average molecular weight is 397 g/mol. The molecule has 7 nitrogen and oxygen atoms in total. The first kappa shape index (κ1) is 19.4. The van der Waals surface area contributed by atoms with Crippen LogP contribution < -0.4 is 16.0 Å². The van der Waals surface area contributed by atoms with Crippen LogP contribution in [-0.4, -0.2) is 24.3 Å². The van der Waals surface area contributed by atoms with Gasteiger partial charge in [0.2, 0.25) is 5.91 Å². The van der Waals surface area contributed by atoms with E-state index < -0.39 is 0 Å². The summed E-state index contributed by atoms with van der Waals surface area (Å²) in [6.07, 6.45) is 1.63. The topological polar surface area (TPSA) is 100 Å². The van der Waals surface area contributed by atoms with E-state index in [4.69, 9.17) is 4.42 Å². The van der Waals surface area contributed by atoms with Crippen LogP contribution in [-0.2, 0) is 11.3 Å². The maximum Gasteiger partial charge on any atom is 0.261 e. The number of para-hydroxylation sites is 1. The van der Waals surface area contributed by atoms with Crippen LogP contribution in [0.5, 0.6) is 0 Å². The van der Waals surface area contributed by atoms with Crippen LogP contribution in [0.25, 0.3) is 0 Å². The standard InChI is InChI=1S/C20H19N3O4S/c24-18(9-10-21-20(26)17-8-4-12-28-17)23-16-7-2-1-6-15(16)19(25)22-13-14-5-3-11-27-14/h1-8,11-12H,9-10,13H2,(H,21,26)(H,22,25)(H,23,24). The van der Waals surface area contributed by atoms with E-state index in [9.17, 15) is 14.4 Å². The molecule has 144 valence electrons. The van der Waals surface area contributed by atoms with Crippen molar-refractivity contribution in [3.63, 3.8) is 0 Å². The Morgan fingerprint density at radius 1 is 0.929 bits per heavy atom.